The molecule has 5 nitrogen and oxygen atoms in total. The van der Waals surface area contributed by atoms with Gasteiger partial charge in [0.25, 0.3) is 5.91 Å². The third-order valence-electron chi connectivity index (χ3n) is 4.68. The third kappa shape index (κ3) is 3.79. The van der Waals surface area contributed by atoms with Gasteiger partial charge in [0.05, 0.1) is 5.69 Å². The maximum atomic E-state index is 13.4. The van der Waals surface area contributed by atoms with Gasteiger partial charge in [0.15, 0.2) is 0 Å². The highest BCUT2D eigenvalue weighted by Gasteiger charge is 2.23. The number of halogens is 1. The van der Waals surface area contributed by atoms with E-state index in [-0.39, 0.29) is 5.91 Å². The Balaban J connectivity index is 1.44. The van der Waals surface area contributed by atoms with Crippen molar-refractivity contribution in [3.63, 3.8) is 0 Å². The molecule has 2 heterocycles. The molecule has 27 heavy (non-hydrogen) atoms. The first-order valence-corrected chi connectivity index (χ1v) is 8.88. The van der Waals surface area contributed by atoms with E-state index in [0.717, 1.165) is 17.1 Å². The summed E-state index contributed by atoms with van der Waals surface area (Å²) in [6.45, 7) is 2.48. The van der Waals surface area contributed by atoms with Crippen LogP contribution in [0.3, 0.4) is 0 Å². The molecule has 0 aliphatic carbocycles. The van der Waals surface area contributed by atoms with Crippen LogP contribution in [0.5, 0.6) is 0 Å². The number of hydrogen-bond acceptors (Lipinski definition) is 4. The maximum Gasteiger partial charge on any atom is 0.254 e. The molecule has 1 aliphatic rings. The van der Waals surface area contributed by atoms with Gasteiger partial charge in [-0.1, -0.05) is 36.4 Å². The summed E-state index contributed by atoms with van der Waals surface area (Å²) in [7, 11) is 0. The number of hydrogen-bond donors (Lipinski definition) is 0. The predicted octanol–water partition coefficient (Wildman–Crippen LogP) is 3.25. The summed E-state index contributed by atoms with van der Waals surface area (Å²) in [6.07, 6.45) is 1.57. The molecule has 4 rings (SSSR count). The van der Waals surface area contributed by atoms with Crippen molar-refractivity contribution >= 4 is 11.7 Å². The molecule has 1 aliphatic heterocycles. The molecule has 0 atom stereocenters. The molecule has 3 aromatic rings. The highest BCUT2D eigenvalue weighted by molar-refractivity contribution is 5.94. The number of benzene rings is 2. The molecule has 6 heteroatoms. The highest BCUT2D eigenvalue weighted by atomic mass is 19.1. The second-order valence-electron chi connectivity index (χ2n) is 6.42. The summed E-state index contributed by atoms with van der Waals surface area (Å²) in [6, 6.07) is 17.8. The van der Waals surface area contributed by atoms with E-state index >= 15 is 0 Å². The van der Waals surface area contributed by atoms with Gasteiger partial charge in [-0.2, -0.15) is 0 Å². The van der Waals surface area contributed by atoms with Crippen molar-refractivity contribution in [3.8, 4) is 11.3 Å². The molecule has 0 N–H and O–H groups in total. The second kappa shape index (κ2) is 7.53. The molecule has 1 fully saturated rings. The Labute approximate surface area is 157 Å². The lowest BCUT2D eigenvalue weighted by molar-refractivity contribution is 0.0746. The smallest absolute Gasteiger partial charge is 0.254 e. The van der Waals surface area contributed by atoms with Gasteiger partial charge in [-0.15, -0.1) is 0 Å². The van der Waals surface area contributed by atoms with Crippen LogP contribution in [0, 0.1) is 5.82 Å². The van der Waals surface area contributed by atoms with Crippen molar-refractivity contribution in [3.05, 3.63) is 78.4 Å². The molecule has 0 spiro atoms. The Morgan fingerprint density at radius 1 is 0.889 bits per heavy atom. The molecule has 1 amide bonds. The second-order valence-corrected chi connectivity index (χ2v) is 6.42. The zero-order valence-corrected chi connectivity index (χ0v) is 14.8. The van der Waals surface area contributed by atoms with Gasteiger partial charge in [0, 0.05) is 43.4 Å². The average Bonchev–Trinajstić information content (AvgIpc) is 2.74. The van der Waals surface area contributed by atoms with Crippen LogP contribution in [-0.2, 0) is 0 Å². The largest absolute Gasteiger partial charge is 0.353 e. The summed E-state index contributed by atoms with van der Waals surface area (Å²) >= 11 is 0. The summed E-state index contributed by atoms with van der Waals surface area (Å²) in [5, 5.41) is 0. The highest BCUT2D eigenvalue weighted by Crippen LogP contribution is 2.21. The quantitative estimate of drug-likeness (QED) is 0.718. The first kappa shape index (κ1) is 17.1. The van der Waals surface area contributed by atoms with Crippen LogP contribution < -0.4 is 4.90 Å². The zero-order valence-electron chi connectivity index (χ0n) is 14.8. The molecule has 0 bridgehead atoms. The molecule has 0 unspecified atom stereocenters. The first-order valence-electron chi connectivity index (χ1n) is 8.88. The van der Waals surface area contributed by atoms with Crippen LogP contribution in [0.25, 0.3) is 11.3 Å². The van der Waals surface area contributed by atoms with Crippen LogP contribution in [-0.4, -0.2) is 47.0 Å². The predicted molar refractivity (Wildman–Crippen MR) is 102 cm³/mol. The number of carbonyl (C=O) groups is 1. The number of rotatable bonds is 3. The van der Waals surface area contributed by atoms with Gasteiger partial charge in [-0.3, -0.25) is 4.79 Å². The number of aromatic nitrogens is 2. The van der Waals surface area contributed by atoms with Gasteiger partial charge in [-0.05, 0) is 18.2 Å². The number of carbonyl (C=O) groups excluding carboxylic acids is 1. The molecule has 0 radical (unpaired) electrons. The van der Waals surface area contributed by atoms with Gasteiger partial charge >= 0.3 is 0 Å². The Morgan fingerprint density at radius 2 is 1.67 bits per heavy atom. The molecule has 1 saturated heterocycles. The van der Waals surface area contributed by atoms with Gasteiger partial charge in [0.1, 0.15) is 18.0 Å². The van der Waals surface area contributed by atoms with E-state index in [1.807, 2.05) is 36.4 Å². The van der Waals surface area contributed by atoms with Crippen LogP contribution in [0.1, 0.15) is 10.4 Å². The minimum absolute atomic E-state index is 0.137. The van der Waals surface area contributed by atoms with E-state index in [0.29, 0.717) is 31.7 Å². The van der Waals surface area contributed by atoms with Gasteiger partial charge < -0.3 is 9.80 Å². The molecule has 0 saturated carbocycles. The van der Waals surface area contributed by atoms with Gasteiger partial charge in [0.2, 0.25) is 0 Å². The van der Waals surface area contributed by atoms with Crippen LogP contribution in [0.15, 0.2) is 67.0 Å². The summed E-state index contributed by atoms with van der Waals surface area (Å²) < 4.78 is 13.4. The zero-order chi connectivity index (χ0) is 18.6. The van der Waals surface area contributed by atoms with E-state index < -0.39 is 5.82 Å². The Morgan fingerprint density at radius 3 is 2.41 bits per heavy atom. The van der Waals surface area contributed by atoms with Crippen molar-refractivity contribution in [2.24, 2.45) is 0 Å². The minimum Gasteiger partial charge on any atom is -0.353 e. The van der Waals surface area contributed by atoms with Crippen LogP contribution >= 0.6 is 0 Å². The average molecular weight is 362 g/mol. The standard InChI is InChI=1S/C21H19FN4O/c22-18-8-4-7-17(13-18)21(27)26-11-9-25(10-12-26)20-14-19(23-15-24-20)16-5-2-1-3-6-16/h1-8,13-15H,9-12H2. The maximum absolute atomic E-state index is 13.4. The van der Waals surface area contributed by atoms with Gasteiger partial charge in [-0.25, -0.2) is 14.4 Å². The summed E-state index contributed by atoms with van der Waals surface area (Å²) in [5.41, 5.74) is 2.30. The number of piperazine rings is 1. The molecule has 1 aromatic heterocycles. The van der Waals surface area contributed by atoms with Crippen molar-refractivity contribution in [2.75, 3.05) is 31.1 Å². The van der Waals surface area contributed by atoms with E-state index in [9.17, 15) is 9.18 Å². The van der Waals surface area contributed by atoms with Crippen molar-refractivity contribution in [2.45, 2.75) is 0 Å². The molecular formula is C21H19FN4O. The monoisotopic (exact) mass is 362 g/mol. The normalized spacial score (nSPS) is 14.3. The lowest BCUT2D eigenvalue weighted by Gasteiger charge is -2.35. The van der Waals surface area contributed by atoms with Crippen LogP contribution in [0.2, 0.25) is 0 Å². The van der Waals surface area contributed by atoms with E-state index in [2.05, 4.69) is 14.9 Å². The van der Waals surface area contributed by atoms with Crippen molar-refractivity contribution in [1.82, 2.24) is 14.9 Å². The fourth-order valence-corrected chi connectivity index (χ4v) is 3.23. The fourth-order valence-electron chi connectivity index (χ4n) is 3.23. The number of amides is 1. The summed E-state index contributed by atoms with van der Waals surface area (Å²) in [4.78, 5) is 25.2. The molecular weight excluding hydrogens is 343 g/mol. The SMILES string of the molecule is O=C(c1cccc(F)c1)N1CCN(c2cc(-c3ccccc3)ncn2)CC1. The van der Waals surface area contributed by atoms with E-state index in [1.165, 1.54) is 12.1 Å². The fraction of sp³-hybridized carbons (Fsp3) is 0.190. The van der Waals surface area contributed by atoms with E-state index in [4.69, 9.17) is 0 Å². The first-order chi connectivity index (χ1) is 13.2. The molecule has 136 valence electrons. The van der Waals surface area contributed by atoms with Crippen molar-refractivity contribution in [1.29, 1.82) is 0 Å². The lowest BCUT2D eigenvalue weighted by atomic mass is 10.1. The Bertz CT molecular complexity index is 940. The molecule has 2 aromatic carbocycles. The number of nitrogens with zero attached hydrogens (tertiary/aromatic N) is 4. The van der Waals surface area contributed by atoms with Crippen LogP contribution in [0.4, 0.5) is 10.2 Å². The van der Waals surface area contributed by atoms with Crippen molar-refractivity contribution < 1.29 is 9.18 Å². The Hall–Kier alpha value is -3.28. The number of anilines is 1. The topological polar surface area (TPSA) is 49.3 Å². The third-order valence-corrected chi connectivity index (χ3v) is 4.68. The lowest BCUT2D eigenvalue weighted by Crippen LogP contribution is -2.49. The van der Waals surface area contributed by atoms with E-state index in [1.54, 1.807) is 23.4 Å². The Kier molecular flexibility index (Phi) is 4.78. The minimum atomic E-state index is -0.395. The summed E-state index contributed by atoms with van der Waals surface area (Å²) in [5.74, 6) is 0.317.